The van der Waals surface area contributed by atoms with Crippen LogP contribution in [-0.2, 0) is 17.9 Å². The highest BCUT2D eigenvalue weighted by Crippen LogP contribution is 2.17. The van der Waals surface area contributed by atoms with Crippen LogP contribution in [0.4, 0.5) is 0 Å². The zero-order chi connectivity index (χ0) is 14.8. The lowest BCUT2D eigenvalue weighted by Crippen LogP contribution is -2.32. The number of ether oxygens (including phenoxy) is 1. The molecule has 7 heteroatoms. The molecule has 2 aromatic rings. The highest BCUT2D eigenvalue weighted by molar-refractivity contribution is 7.12. The van der Waals surface area contributed by atoms with Crippen LogP contribution in [0.25, 0.3) is 0 Å². The molecular formula is C14H18N4O2S. The Morgan fingerprint density at radius 1 is 1.57 bits per heavy atom. The molecule has 2 aromatic heterocycles. The zero-order valence-corrected chi connectivity index (χ0v) is 12.9. The summed E-state index contributed by atoms with van der Waals surface area (Å²) in [4.78, 5) is 12.9. The Kier molecular flexibility index (Phi) is 4.03. The van der Waals surface area contributed by atoms with Crippen LogP contribution in [0.5, 0.6) is 0 Å². The van der Waals surface area contributed by atoms with E-state index in [9.17, 15) is 4.79 Å². The maximum atomic E-state index is 12.1. The smallest absolute Gasteiger partial charge is 0.261 e. The molecule has 0 aromatic carbocycles. The molecule has 3 rings (SSSR count). The average Bonchev–Trinajstić information content (AvgIpc) is 2.96. The molecule has 0 saturated carbocycles. The lowest BCUT2D eigenvalue weighted by Gasteiger charge is -2.14. The first-order valence-corrected chi connectivity index (χ1v) is 7.82. The van der Waals surface area contributed by atoms with Crippen LogP contribution in [0.1, 0.15) is 26.6 Å². The molecule has 0 fully saturated rings. The van der Waals surface area contributed by atoms with Gasteiger partial charge in [0.25, 0.3) is 5.91 Å². The maximum Gasteiger partial charge on any atom is 0.261 e. The van der Waals surface area contributed by atoms with E-state index in [0.29, 0.717) is 19.8 Å². The van der Waals surface area contributed by atoms with E-state index < -0.39 is 0 Å². The van der Waals surface area contributed by atoms with E-state index in [2.05, 4.69) is 15.6 Å². The number of nitrogens with one attached hydrogen (secondary N) is 1. The van der Waals surface area contributed by atoms with Gasteiger partial charge in [0, 0.05) is 19.0 Å². The van der Waals surface area contributed by atoms with E-state index in [0.717, 1.165) is 28.4 Å². The van der Waals surface area contributed by atoms with Gasteiger partial charge < -0.3 is 10.1 Å². The molecule has 6 nitrogen and oxygen atoms in total. The van der Waals surface area contributed by atoms with Gasteiger partial charge in [-0.1, -0.05) is 5.21 Å². The first-order chi connectivity index (χ1) is 10.1. The fourth-order valence-electron chi connectivity index (χ4n) is 2.41. The van der Waals surface area contributed by atoms with Gasteiger partial charge in [0.2, 0.25) is 0 Å². The van der Waals surface area contributed by atoms with Gasteiger partial charge in [0.1, 0.15) is 0 Å². The Balaban J connectivity index is 1.61. The quantitative estimate of drug-likeness (QED) is 0.934. The number of carbonyl (C=O) groups is 1. The topological polar surface area (TPSA) is 69.0 Å². The Morgan fingerprint density at radius 2 is 2.43 bits per heavy atom. The third-order valence-electron chi connectivity index (χ3n) is 3.67. The summed E-state index contributed by atoms with van der Waals surface area (Å²) in [7, 11) is 0. The minimum Gasteiger partial charge on any atom is -0.375 e. The number of hydrogen-bond donors (Lipinski definition) is 1. The van der Waals surface area contributed by atoms with Crippen LogP contribution < -0.4 is 5.32 Å². The van der Waals surface area contributed by atoms with Crippen LogP contribution in [0.2, 0.25) is 0 Å². The summed E-state index contributed by atoms with van der Waals surface area (Å²) in [6, 6.07) is 1.96. The van der Waals surface area contributed by atoms with Crippen molar-refractivity contribution in [3.8, 4) is 0 Å². The van der Waals surface area contributed by atoms with Crippen molar-refractivity contribution < 1.29 is 9.53 Å². The molecule has 0 radical (unpaired) electrons. The third-order valence-corrected chi connectivity index (χ3v) is 4.69. The monoisotopic (exact) mass is 306 g/mol. The van der Waals surface area contributed by atoms with Crippen molar-refractivity contribution in [2.75, 3.05) is 13.2 Å². The number of aryl methyl sites for hydroxylation is 2. The summed E-state index contributed by atoms with van der Waals surface area (Å²) >= 11 is 1.47. The summed E-state index contributed by atoms with van der Waals surface area (Å²) in [5.74, 6) is 0.193. The second-order valence-electron chi connectivity index (χ2n) is 5.33. The highest BCUT2D eigenvalue weighted by atomic mass is 32.1. The molecule has 0 bridgehead atoms. The summed E-state index contributed by atoms with van der Waals surface area (Å²) in [5.41, 5.74) is 2.95. The van der Waals surface area contributed by atoms with Crippen molar-refractivity contribution in [2.24, 2.45) is 5.92 Å². The predicted octanol–water partition coefficient (Wildman–Crippen LogP) is 1.53. The molecule has 0 saturated heterocycles. The Morgan fingerprint density at radius 3 is 3.19 bits per heavy atom. The van der Waals surface area contributed by atoms with E-state index in [-0.39, 0.29) is 11.8 Å². The summed E-state index contributed by atoms with van der Waals surface area (Å²) in [5, 5.41) is 13.1. The van der Waals surface area contributed by atoms with Gasteiger partial charge >= 0.3 is 0 Å². The Labute approximate surface area is 127 Å². The normalized spacial score (nSPS) is 18.1. The first kappa shape index (κ1) is 14.2. The number of fused-ring (bicyclic) bond motifs is 1. The molecule has 1 aliphatic rings. The minimum atomic E-state index is -0.0123. The molecule has 0 unspecified atom stereocenters. The van der Waals surface area contributed by atoms with Gasteiger partial charge in [-0.25, -0.2) is 4.68 Å². The standard InChI is InChI=1S/C14H18N4O2S/c1-9-3-4-21-13(9)14(19)15-5-11-6-18-12(8-20-7-11)10(2)16-17-18/h3-4,11H,5-8H2,1-2H3,(H,15,19)/t11-/m0/s1. The van der Waals surface area contributed by atoms with E-state index >= 15 is 0 Å². The van der Waals surface area contributed by atoms with Gasteiger partial charge in [-0.2, -0.15) is 0 Å². The average molecular weight is 306 g/mol. The Hall–Kier alpha value is -1.73. The van der Waals surface area contributed by atoms with Gasteiger partial charge in [-0.3, -0.25) is 4.79 Å². The summed E-state index contributed by atoms with van der Waals surface area (Å²) in [6.07, 6.45) is 0. The molecular weight excluding hydrogens is 288 g/mol. The third kappa shape index (κ3) is 2.98. The van der Waals surface area contributed by atoms with Crippen LogP contribution in [0, 0.1) is 19.8 Å². The SMILES string of the molecule is Cc1ccsc1C(=O)NC[C@@H]1COCc2c(C)nnn2C1. The van der Waals surface area contributed by atoms with Crippen molar-refractivity contribution in [2.45, 2.75) is 27.0 Å². The Bertz CT molecular complexity index is 649. The van der Waals surface area contributed by atoms with E-state index in [4.69, 9.17) is 4.74 Å². The van der Waals surface area contributed by atoms with Crippen molar-refractivity contribution in [1.29, 1.82) is 0 Å². The van der Waals surface area contributed by atoms with Gasteiger partial charge in [0.15, 0.2) is 0 Å². The second-order valence-corrected chi connectivity index (χ2v) is 6.24. The fourth-order valence-corrected chi connectivity index (χ4v) is 3.25. The lowest BCUT2D eigenvalue weighted by molar-refractivity contribution is 0.0852. The maximum absolute atomic E-state index is 12.1. The van der Waals surface area contributed by atoms with E-state index in [1.54, 1.807) is 0 Å². The molecule has 3 heterocycles. The minimum absolute atomic E-state index is 0.0123. The van der Waals surface area contributed by atoms with Crippen molar-refractivity contribution in [1.82, 2.24) is 20.3 Å². The molecule has 1 aliphatic heterocycles. The van der Waals surface area contributed by atoms with Gasteiger partial charge in [0.05, 0.1) is 29.5 Å². The fraction of sp³-hybridized carbons (Fsp3) is 0.500. The van der Waals surface area contributed by atoms with Crippen LogP contribution in [0.15, 0.2) is 11.4 Å². The number of thiophene rings is 1. The number of nitrogens with zero attached hydrogens (tertiary/aromatic N) is 3. The second kappa shape index (κ2) is 5.95. The number of amides is 1. The zero-order valence-electron chi connectivity index (χ0n) is 12.1. The highest BCUT2D eigenvalue weighted by Gasteiger charge is 2.21. The van der Waals surface area contributed by atoms with E-state index in [1.807, 2.05) is 30.0 Å². The summed E-state index contributed by atoms with van der Waals surface area (Å²) in [6.45, 7) is 6.34. The molecule has 0 aliphatic carbocycles. The molecule has 1 amide bonds. The molecule has 112 valence electrons. The number of rotatable bonds is 3. The molecule has 1 N–H and O–H groups in total. The molecule has 0 spiro atoms. The van der Waals surface area contributed by atoms with Gasteiger partial charge in [-0.05, 0) is 30.9 Å². The number of hydrogen-bond acceptors (Lipinski definition) is 5. The number of aromatic nitrogens is 3. The number of carbonyl (C=O) groups excluding carboxylic acids is 1. The lowest BCUT2D eigenvalue weighted by atomic mass is 10.1. The van der Waals surface area contributed by atoms with Crippen LogP contribution in [0.3, 0.4) is 0 Å². The van der Waals surface area contributed by atoms with Crippen LogP contribution in [-0.4, -0.2) is 34.1 Å². The van der Waals surface area contributed by atoms with Gasteiger partial charge in [-0.15, -0.1) is 16.4 Å². The molecule has 21 heavy (non-hydrogen) atoms. The largest absolute Gasteiger partial charge is 0.375 e. The van der Waals surface area contributed by atoms with E-state index in [1.165, 1.54) is 11.3 Å². The van der Waals surface area contributed by atoms with Crippen LogP contribution >= 0.6 is 11.3 Å². The van der Waals surface area contributed by atoms with Crippen molar-refractivity contribution >= 4 is 17.2 Å². The summed E-state index contributed by atoms with van der Waals surface area (Å²) < 4.78 is 7.55. The predicted molar refractivity (Wildman–Crippen MR) is 79.3 cm³/mol. The van der Waals surface area contributed by atoms with Crippen molar-refractivity contribution in [3.63, 3.8) is 0 Å². The van der Waals surface area contributed by atoms with Crippen molar-refractivity contribution in [3.05, 3.63) is 33.3 Å². The first-order valence-electron chi connectivity index (χ1n) is 6.94. The molecule has 1 atom stereocenters.